The highest BCUT2D eigenvalue weighted by molar-refractivity contribution is 5.79. The maximum Gasteiger partial charge on any atom is 0.334 e. The van der Waals surface area contributed by atoms with Gasteiger partial charge in [-0.1, -0.05) is 0 Å². The summed E-state index contributed by atoms with van der Waals surface area (Å²) < 4.78 is 0. The molecule has 0 spiro atoms. The molecule has 82 valence electrons. The van der Waals surface area contributed by atoms with Crippen molar-refractivity contribution in [2.45, 2.75) is 12.5 Å². The molecule has 0 saturated heterocycles. The number of nitrogens with one attached hydrogen (secondary N) is 2. The summed E-state index contributed by atoms with van der Waals surface area (Å²) in [6.07, 6.45) is 0.0110. The van der Waals surface area contributed by atoms with E-state index in [0.717, 1.165) is 0 Å². The molecule has 1 amide bonds. The molecule has 0 aromatic carbocycles. The largest absolute Gasteiger partial charge is 0.479 e. The lowest BCUT2D eigenvalue weighted by molar-refractivity contribution is -0.146. The second kappa shape index (κ2) is 5.11. The number of carbonyl (C=O) groups excluding carboxylic acids is 1. The summed E-state index contributed by atoms with van der Waals surface area (Å²) in [4.78, 5) is 21.4. The second-order valence-corrected chi connectivity index (χ2v) is 2.92. The van der Waals surface area contributed by atoms with E-state index in [9.17, 15) is 9.59 Å². The van der Waals surface area contributed by atoms with Crippen molar-refractivity contribution in [3.63, 3.8) is 0 Å². The number of nitrogens with zero attached hydrogens (tertiary/aromatic N) is 1. The quantitative estimate of drug-likeness (QED) is 0.476. The van der Waals surface area contributed by atoms with Crippen molar-refractivity contribution in [3.05, 3.63) is 18.0 Å². The predicted octanol–water partition coefficient (Wildman–Crippen LogP) is -1.49. The van der Waals surface area contributed by atoms with Gasteiger partial charge in [-0.2, -0.15) is 5.10 Å². The van der Waals surface area contributed by atoms with Crippen molar-refractivity contribution in [2.75, 3.05) is 6.54 Å². The molecule has 0 radical (unpaired) electrons. The van der Waals surface area contributed by atoms with Crippen LogP contribution in [0.1, 0.15) is 5.69 Å². The second-order valence-electron chi connectivity index (χ2n) is 2.92. The Labute approximate surface area is 85.1 Å². The molecule has 0 saturated carbocycles. The molecule has 0 unspecified atom stereocenters. The molecule has 7 nitrogen and oxygen atoms in total. The number of aliphatic hydroxyl groups is 1. The van der Waals surface area contributed by atoms with Crippen LogP contribution in [0.5, 0.6) is 0 Å². The molecule has 0 aliphatic heterocycles. The van der Waals surface area contributed by atoms with E-state index < -0.39 is 12.1 Å². The molecule has 0 aliphatic rings. The van der Waals surface area contributed by atoms with Gasteiger partial charge in [-0.05, 0) is 6.07 Å². The minimum absolute atomic E-state index is 0.0757. The van der Waals surface area contributed by atoms with Gasteiger partial charge in [0.1, 0.15) is 0 Å². The zero-order chi connectivity index (χ0) is 11.3. The zero-order valence-corrected chi connectivity index (χ0v) is 7.80. The lowest BCUT2D eigenvalue weighted by atomic mass is 10.3. The first-order valence-corrected chi connectivity index (χ1v) is 4.25. The molecule has 1 aromatic heterocycles. The lowest BCUT2D eigenvalue weighted by Gasteiger charge is -2.06. The van der Waals surface area contributed by atoms with Crippen molar-refractivity contribution in [2.24, 2.45) is 0 Å². The number of aliphatic hydroxyl groups excluding tert-OH is 1. The van der Waals surface area contributed by atoms with Gasteiger partial charge < -0.3 is 15.5 Å². The van der Waals surface area contributed by atoms with Crippen LogP contribution < -0.4 is 5.32 Å². The van der Waals surface area contributed by atoms with Crippen LogP contribution in [0.25, 0.3) is 0 Å². The van der Waals surface area contributed by atoms with Gasteiger partial charge in [-0.3, -0.25) is 9.89 Å². The highest BCUT2D eigenvalue weighted by Crippen LogP contribution is 1.92. The molecule has 1 heterocycles. The first-order valence-electron chi connectivity index (χ1n) is 4.25. The van der Waals surface area contributed by atoms with Crippen molar-refractivity contribution in [1.82, 2.24) is 15.5 Å². The van der Waals surface area contributed by atoms with Gasteiger partial charge in [-0.15, -0.1) is 0 Å². The SMILES string of the molecule is O=C(Cc1ccn[nH]1)NC[C@H](O)C(=O)O. The minimum Gasteiger partial charge on any atom is -0.479 e. The molecule has 1 atom stereocenters. The van der Waals surface area contributed by atoms with Gasteiger partial charge >= 0.3 is 5.97 Å². The number of carboxylic acid groups (broad SMARTS) is 1. The van der Waals surface area contributed by atoms with Crippen molar-refractivity contribution >= 4 is 11.9 Å². The number of hydrogen-bond acceptors (Lipinski definition) is 4. The summed E-state index contributed by atoms with van der Waals surface area (Å²) in [6, 6.07) is 1.63. The van der Waals surface area contributed by atoms with Crippen molar-refractivity contribution < 1.29 is 19.8 Å². The summed E-state index contributed by atoms with van der Waals surface area (Å²) in [6.45, 7) is -0.303. The predicted molar refractivity (Wildman–Crippen MR) is 48.9 cm³/mol. The van der Waals surface area contributed by atoms with E-state index in [2.05, 4.69) is 15.5 Å². The molecule has 1 rings (SSSR count). The van der Waals surface area contributed by atoms with Crippen LogP contribution in [-0.2, 0) is 16.0 Å². The smallest absolute Gasteiger partial charge is 0.334 e. The molecule has 0 aliphatic carbocycles. The maximum absolute atomic E-state index is 11.2. The highest BCUT2D eigenvalue weighted by atomic mass is 16.4. The third kappa shape index (κ3) is 3.77. The lowest BCUT2D eigenvalue weighted by Crippen LogP contribution is -2.37. The molecule has 1 aromatic rings. The van der Waals surface area contributed by atoms with E-state index in [1.807, 2.05) is 0 Å². The summed E-state index contributed by atoms with van der Waals surface area (Å²) in [5, 5.41) is 25.7. The summed E-state index contributed by atoms with van der Waals surface area (Å²) in [5.74, 6) is -1.74. The van der Waals surface area contributed by atoms with E-state index in [1.54, 1.807) is 6.07 Å². The fourth-order valence-electron chi connectivity index (χ4n) is 0.916. The monoisotopic (exact) mass is 213 g/mol. The van der Waals surface area contributed by atoms with Crippen LogP contribution in [0.2, 0.25) is 0 Å². The van der Waals surface area contributed by atoms with Crippen LogP contribution in [0, 0.1) is 0 Å². The van der Waals surface area contributed by atoms with Crippen LogP contribution in [0.15, 0.2) is 12.3 Å². The Hall–Kier alpha value is -1.89. The Balaban J connectivity index is 2.28. The zero-order valence-electron chi connectivity index (χ0n) is 7.80. The summed E-state index contributed by atoms with van der Waals surface area (Å²) in [5.41, 5.74) is 0.623. The molecule has 15 heavy (non-hydrogen) atoms. The van der Waals surface area contributed by atoms with E-state index >= 15 is 0 Å². The standard InChI is InChI=1S/C8H11N3O4/c12-6(8(14)15)4-9-7(13)3-5-1-2-10-11-5/h1-2,6,12H,3-4H2,(H,9,13)(H,10,11)(H,14,15)/t6-/m0/s1. The minimum atomic E-state index is -1.57. The van der Waals surface area contributed by atoms with Crippen molar-refractivity contribution in [3.8, 4) is 0 Å². The number of H-pyrrole nitrogens is 1. The number of aliphatic carboxylic acids is 1. The normalized spacial score (nSPS) is 12.1. The topological polar surface area (TPSA) is 115 Å². The van der Waals surface area contributed by atoms with E-state index in [-0.39, 0.29) is 18.9 Å². The van der Waals surface area contributed by atoms with Crippen LogP contribution >= 0.6 is 0 Å². The molecular formula is C8H11N3O4. The Kier molecular flexibility index (Phi) is 3.81. The molecule has 4 N–H and O–H groups in total. The van der Waals surface area contributed by atoms with E-state index in [4.69, 9.17) is 10.2 Å². The summed E-state index contributed by atoms with van der Waals surface area (Å²) in [7, 11) is 0. The van der Waals surface area contributed by atoms with Gasteiger partial charge in [-0.25, -0.2) is 4.79 Å². The first-order chi connectivity index (χ1) is 7.09. The van der Waals surface area contributed by atoms with E-state index in [0.29, 0.717) is 5.69 Å². The molecule has 0 bridgehead atoms. The molecule has 0 fully saturated rings. The first kappa shape index (κ1) is 11.2. The number of carbonyl (C=O) groups is 2. The number of amides is 1. The average molecular weight is 213 g/mol. The van der Waals surface area contributed by atoms with E-state index in [1.165, 1.54) is 6.20 Å². The third-order valence-corrected chi connectivity index (χ3v) is 1.69. The Morgan fingerprint density at radius 3 is 2.87 bits per heavy atom. The van der Waals surface area contributed by atoms with Gasteiger partial charge in [0.25, 0.3) is 0 Å². The van der Waals surface area contributed by atoms with Gasteiger partial charge in [0.2, 0.25) is 5.91 Å². The maximum atomic E-state index is 11.2. The number of aromatic amines is 1. The van der Waals surface area contributed by atoms with Crippen LogP contribution in [0.3, 0.4) is 0 Å². The fourth-order valence-corrected chi connectivity index (χ4v) is 0.916. The highest BCUT2D eigenvalue weighted by Gasteiger charge is 2.14. The Bertz CT molecular complexity index is 336. The third-order valence-electron chi connectivity index (χ3n) is 1.69. The molecular weight excluding hydrogens is 202 g/mol. The summed E-state index contributed by atoms with van der Waals surface area (Å²) >= 11 is 0. The van der Waals surface area contributed by atoms with Gasteiger partial charge in [0.05, 0.1) is 13.0 Å². The number of aromatic nitrogens is 2. The Morgan fingerprint density at radius 1 is 1.60 bits per heavy atom. The van der Waals surface area contributed by atoms with Gasteiger partial charge in [0, 0.05) is 11.9 Å². The number of rotatable bonds is 5. The average Bonchev–Trinajstić information content (AvgIpc) is 2.66. The number of carboxylic acids is 1. The van der Waals surface area contributed by atoms with Crippen LogP contribution in [-0.4, -0.2) is 44.9 Å². The van der Waals surface area contributed by atoms with Crippen LogP contribution in [0.4, 0.5) is 0 Å². The Morgan fingerprint density at radius 2 is 2.33 bits per heavy atom. The number of hydrogen-bond donors (Lipinski definition) is 4. The fraction of sp³-hybridized carbons (Fsp3) is 0.375. The molecule has 7 heteroatoms. The van der Waals surface area contributed by atoms with Gasteiger partial charge in [0.15, 0.2) is 6.10 Å². The van der Waals surface area contributed by atoms with Crippen molar-refractivity contribution in [1.29, 1.82) is 0 Å².